The molecule has 1 heterocycles. The summed E-state index contributed by atoms with van der Waals surface area (Å²) in [6.45, 7) is 3.88. The molecule has 1 aromatic carbocycles. The third-order valence-electron chi connectivity index (χ3n) is 2.63. The first-order valence-electron chi connectivity index (χ1n) is 5.95. The van der Waals surface area contributed by atoms with Crippen molar-refractivity contribution in [1.82, 2.24) is 9.78 Å². The molecule has 0 spiro atoms. The summed E-state index contributed by atoms with van der Waals surface area (Å²) in [6, 6.07) is 9.78. The molecular weight excluding hydrogens is 242 g/mol. The van der Waals surface area contributed by atoms with Gasteiger partial charge < -0.3 is 5.32 Å². The minimum absolute atomic E-state index is 0.382. The van der Waals surface area contributed by atoms with E-state index in [1.807, 2.05) is 25.1 Å². The van der Waals surface area contributed by atoms with Gasteiger partial charge in [-0.2, -0.15) is 5.10 Å². The highest BCUT2D eigenvalue weighted by Crippen LogP contribution is 2.08. The normalized spacial score (nSPS) is 10.2. The Labute approximate surface area is 111 Å². The molecule has 5 nitrogen and oxygen atoms in total. The molecule has 1 amide bonds. The highest BCUT2D eigenvalue weighted by molar-refractivity contribution is 6.39. The first kappa shape index (κ1) is 13.0. The Morgan fingerprint density at radius 1 is 1.32 bits per heavy atom. The number of nitrogens with one attached hydrogen (secondary N) is 1. The number of anilines is 1. The van der Waals surface area contributed by atoms with E-state index in [0.717, 1.165) is 5.56 Å². The van der Waals surface area contributed by atoms with Crippen molar-refractivity contribution in [3.63, 3.8) is 0 Å². The van der Waals surface area contributed by atoms with Crippen LogP contribution in [0.2, 0.25) is 0 Å². The van der Waals surface area contributed by atoms with Gasteiger partial charge in [0.2, 0.25) is 5.78 Å². The van der Waals surface area contributed by atoms with Crippen molar-refractivity contribution in [1.29, 1.82) is 0 Å². The maximum absolute atomic E-state index is 11.2. The van der Waals surface area contributed by atoms with Crippen LogP contribution in [0.3, 0.4) is 0 Å². The first-order valence-corrected chi connectivity index (χ1v) is 5.95. The lowest BCUT2D eigenvalue weighted by Crippen LogP contribution is -2.20. The van der Waals surface area contributed by atoms with Crippen LogP contribution in [0, 0.1) is 6.92 Å². The molecule has 98 valence electrons. The summed E-state index contributed by atoms with van der Waals surface area (Å²) in [6.07, 6.45) is 1.76. The van der Waals surface area contributed by atoms with Gasteiger partial charge in [0.1, 0.15) is 0 Å². The zero-order chi connectivity index (χ0) is 13.8. The summed E-state index contributed by atoms with van der Waals surface area (Å²) >= 11 is 0. The molecule has 1 N–H and O–H groups in total. The number of nitrogens with zero attached hydrogens (tertiary/aromatic N) is 2. The van der Waals surface area contributed by atoms with Gasteiger partial charge in [0.05, 0.1) is 6.54 Å². The summed E-state index contributed by atoms with van der Waals surface area (Å²) < 4.78 is 1.71. The molecule has 19 heavy (non-hydrogen) atoms. The number of rotatable bonds is 4. The van der Waals surface area contributed by atoms with E-state index in [4.69, 9.17) is 0 Å². The first-order chi connectivity index (χ1) is 9.04. The van der Waals surface area contributed by atoms with Crippen LogP contribution in [0.5, 0.6) is 0 Å². The Kier molecular flexibility index (Phi) is 3.75. The molecule has 1 aromatic heterocycles. The van der Waals surface area contributed by atoms with E-state index < -0.39 is 11.7 Å². The number of Topliss-reactive ketones (excluding diaryl/α,β-unsaturated/α-hetero) is 1. The average Bonchev–Trinajstić information content (AvgIpc) is 2.76. The minimum Gasteiger partial charge on any atom is -0.303 e. The number of aromatic nitrogens is 2. The third kappa shape index (κ3) is 3.51. The van der Waals surface area contributed by atoms with Gasteiger partial charge in [-0.1, -0.05) is 29.8 Å². The molecular formula is C14H15N3O2. The second kappa shape index (κ2) is 5.48. The number of hydrogen-bond acceptors (Lipinski definition) is 3. The Morgan fingerprint density at radius 2 is 2.11 bits per heavy atom. The molecule has 5 heteroatoms. The zero-order valence-corrected chi connectivity index (χ0v) is 10.9. The number of benzene rings is 1. The van der Waals surface area contributed by atoms with Crippen molar-refractivity contribution >= 4 is 17.5 Å². The smallest absolute Gasteiger partial charge is 0.292 e. The largest absolute Gasteiger partial charge is 0.303 e. The van der Waals surface area contributed by atoms with Gasteiger partial charge in [0, 0.05) is 19.2 Å². The van der Waals surface area contributed by atoms with Gasteiger partial charge in [0.25, 0.3) is 5.91 Å². The molecule has 0 radical (unpaired) electrons. The predicted octanol–water partition coefficient (Wildman–Crippen LogP) is 1.77. The quantitative estimate of drug-likeness (QED) is 0.849. The van der Waals surface area contributed by atoms with Crippen LogP contribution in [-0.2, 0) is 16.1 Å². The van der Waals surface area contributed by atoms with E-state index in [9.17, 15) is 9.59 Å². The monoisotopic (exact) mass is 257 g/mol. The number of carbonyl (C=O) groups is 2. The standard InChI is InChI=1S/C14H15N3O2/c1-10-4-3-5-12(8-10)9-17-7-6-13(16-17)15-14(19)11(2)18/h3-8H,9H2,1-2H3,(H,15,16,19). The molecule has 0 atom stereocenters. The van der Waals surface area contributed by atoms with Crippen LogP contribution < -0.4 is 5.32 Å². The van der Waals surface area contributed by atoms with Crippen molar-refractivity contribution in [3.8, 4) is 0 Å². The summed E-state index contributed by atoms with van der Waals surface area (Å²) in [5, 5.41) is 6.63. The molecule has 0 fully saturated rings. The molecule has 0 aliphatic carbocycles. The lowest BCUT2D eigenvalue weighted by Gasteiger charge is -2.03. The second-order valence-corrected chi connectivity index (χ2v) is 4.40. The summed E-state index contributed by atoms with van der Waals surface area (Å²) in [7, 11) is 0. The average molecular weight is 257 g/mol. The molecule has 2 rings (SSSR count). The number of hydrogen-bond donors (Lipinski definition) is 1. The molecule has 0 bridgehead atoms. The van der Waals surface area contributed by atoms with Gasteiger partial charge in [-0.25, -0.2) is 0 Å². The predicted molar refractivity (Wildman–Crippen MR) is 71.8 cm³/mol. The Balaban J connectivity index is 2.05. The maximum atomic E-state index is 11.2. The van der Waals surface area contributed by atoms with Crippen LogP contribution in [0.4, 0.5) is 5.82 Å². The third-order valence-corrected chi connectivity index (χ3v) is 2.63. The number of aryl methyl sites for hydroxylation is 1. The van der Waals surface area contributed by atoms with Gasteiger partial charge in [0.15, 0.2) is 5.82 Å². The van der Waals surface area contributed by atoms with E-state index in [1.54, 1.807) is 16.9 Å². The van der Waals surface area contributed by atoms with E-state index in [0.29, 0.717) is 12.4 Å². The van der Waals surface area contributed by atoms with Crippen LogP contribution in [0.25, 0.3) is 0 Å². The van der Waals surface area contributed by atoms with E-state index in [-0.39, 0.29) is 0 Å². The number of carbonyl (C=O) groups excluding carboxylic acids is 2. The molecule has 2 aromatic rings. The highest BCUT2D eigenvalue weighted by Gasteiger charge is 2.09. The summed E-state index contributed by atoms with van der Waals surface area (Å²) in [5.74, 6) is -0.804. The second-order valence-electron chi connectivity index (χ2n) is 4.40. The fourth-order valence-corrected chi connectivity index (χ4v) is 1.72. The number of ketones is 1. The molecule has 0 saturated carbocycles. The summed E-state index contributed by atoms with van der Waals surface area (Å²) in [4.78, 5) is 22.1. The Morgan fingerprint density at radius 3 is 2.79 bits per heavy atom. The van der Waals surface area contributed by atoms with Crippen molar-refractivity contribution < 1.29 is 9.59 Å². The van der Waals surface area contributed by atoms with Gasteiger partial charge >= 0.3 is 0 Å². The van der Waals surface area contributed by atoms with Gasteiger partial charge in [-0.3, -0.25) is 14.3 Å². The zero-order valence-electron chi connectivity index (χ0n) is 10.9. The van der Waals surface area contributed by atoms with Crippen molar-refractivity contribution in [2.75, 3.05) is 5.32 Å². The molecule has 0 aliphatic rings. The number of amides is 1. The fraction of sp³-hybridized carbons (Fsp3) is 0.214. The van der Waals surface area contributed by atoms with Crippen molar-refractivity contribution in [2.24, 2.45) is 0 Å². The highest BCUT2D eigenvalue weighted by atomic mass is 16.2. The van der Waals surface area contributed by atoms with Crippen LogP contribution in [-0.4, -0.2) is 21.5 Å². The fourth-order valence-electron chi connectivity index (χ4n) is 1.72. The molecule has 0 saturated heterocycles. The van der Waals surface area contributed by atoms with Crippen molar-refractivity contribution in [2.45, 2.75) is 20.4 Å². The Hall–Kier alpha value is -2.43. The SMILES string of the molecule is CC(=O)C(=O)Nc1ccn(Cc2cccc(C)c2)n1. The topological polar surface area (TPSA) is 64.0 Å². The van der Waals surface area contributed by atoms with Crippen LogP contribution in [0.1, 0.15) is 18.1 Å². The van der Waals surface area contributed by atoms with Crippen LogP contribution in [0.15, 0.2) is 36.5 Å². The van der Waals surface area contributed by atoms with Gasteiger partial charge in [-0.05, 0) is 12.5 Å². The Bertz CT molecular complexity index is 617. The lowest BCUT2D eigenvalue weighted by molar-refractivity contribution is -0.133. The van der Waals surface area contributed by atoms with E-state index >= 15 is 0 Å². The van der Waals surface area contributed by atoms with Crippen LogP contribution >= 0.6 is 0 Å². The minimum atomic E-state index is -0.652. The maximum Gasteiger partial charge on any atom is 0.292 e. The molecule has 0 unspecified atom stereocenters. The molecule has 0 aliphatic heterocycles. The van der Waals surface area contributed by atoms with Gasteiger partial charge in [-0.15, -0.1) is 0 Å². The van der Waals surface area contributed by atoms with E-state index in [2.05, 4.69) is 16.5 Å². The summed E-state index contributed by atoms with van der Waals surface area (Å²) in [5.41, 5.74) is 2.32. The van der Waals surface area contributed by atoms with E-state index in [1.165, 1.54) is 12.5 Å². The van der Waals surface area contributed by atoms with Crippen molar-refractivity contribution in [3.05, 3.63) is 47.7 Å². The lowest BCUT2D eigenvalue weighted by atomic mass is 10.1.